The van der Waals surface area contributed by atoms with E-state index in [2.05, 4.69) is 4.98 Å². The van der Waals surface area contributed by atoms with E-state index in [1.54, 1.807) is 0 Å². The van der Waals surface area contributed by atoms with Crippen molar-refractivity contribution in [1.82, 2.24) is 4.98 Å². The Morgan fingerprint density at radius 3 is 2.45 bits per heavy atom. The number of hydrogen-bond donors (Lipinski definition) is 0. The molecule has 0 radical (unpaired) electrons. The molecular formula is C11H6ClN3O5. The van der Waals surface area contributed by atoms with Gasteiger partial charge in [0, 0.05) is 23.4 Å². The van der Waals surface area contributed by atoms with E-state index in [9.17, 15) is 20.2 Å². The highest BCUT2D eigenvalue weighted by molar-refractivity contribution is 6.30. The highest BCUT2D eigenvalue weighted by Gasteiger charge is 2.22. The SMILES string of the molecule is O=[N+]([O-])c1cc(Cl)ccc1Oc1ncccc1[N+](=O)[O-]. The van der Waals surface area contributed by atoms with Crippen molar-refractivity contribution in [2.24, 2.45) is 0 Å². The van der Waals surface area contributed by atoms with Gasteiger partial charge < -0.3 is 4.74 Å². The van der Waals surface area contributed by atoms with Crippen LogP contribution in [-0.2, 0) is 0 Å². The van der Waals surface area contributed by atoms with Crippen LogP contribution in [0.1, 0.15) is 0 Å². The van der Waals surface area contributed by atoms with Crippen LogP contribution in [0.25, 0.3) is 0 Å². The summed E-state index contributed by atoms with van der Waals surface area (Å²) in [5, 5.41) is 21.9. The summed E-state index contributed by atoms with van der Waals surface area (Å²) in [4.78, 5) is 24.0. The van der Waals surface area contributed by atoms with Gasteiger partial charge in [-0.2, -0.15) is 0 Å². The van der Waals surface area contributed by atoms with Crippen LogP contribution in [0.4, 0.5) is 11.4 Å². The number of halogens is 1. The standard InChI is InChI=1S/C11H6ClN3O5/c12-7-3-4-10(9(6-7)15(18)19)20-11-8(14(16)17)2-1-5-13-11/h1-6H. The fourth-order valence-electron chi connectivity index (χ4n) is 1.42. The second-order valence-electron chi connectivity index (χ2n) is 3.56. The number of ether oxygens (including phenoxy) is 1. The largest absolute Gasteiger partial charge is 0.426 e. The van der Waals surface area contributed by atoms with E-state index in [4.69, 9.17) is 16.3 Å². The third-order valence-electron chi connectivity index (χ3n) is 2.27. The molecule has 0 N–H and O–H groups in total. The molecule has 2 aromatic rings. The van der Waals surface area contributed by atoms with Gasteiger partial charge in [-0.05, 0) is 18.2 Å². The summed E-state index contributed by atoms with van der Waals surface area (Å²) in [6.07, 6.45) is 1.28. The third-order valence-corrected chi connectivity index (χ3v) is 2.51. The van der Waals surface area contributed by atoms with Gasteiger partial charge >= 0.3 is 11.4 Å². The predicted octanol–water partition coefficient (Wildman–Crippen LogP) is 3.34. The van der Waals surface area contributed by atoms with Crippen molar-refractivity contribution >= 4 is 23.0 Å². The first-order valence-electron chi connectivity index (χ1n) is 5.20. The van der Waals surface area contributed by atoms with Crippen molar-refractivity contribution in [3.05, 3.63) is 61.8 Å². The molecule has 0 aliphatic heterocycles. The maximum absolute atomic E-state index is 10.9. The van der Waals surface area contributed by atoms with E-state index in [-0.39, 0.29) is 16.7 Å². The number of nitrogens with zero attached hydrogens (tertiary/aromatic N) is 3. The summed E-state index contributed by atoms with van der Waals surface area (Å²) < 4.78 is 5.17. The molecule has 9 heteroatoms. The van der Waals surface area contributed by atoms with Crippen LogP contribution in [-0.4, -0.2) is 14.8 Å². The number of nitro benzene ring substituents is 1. The normalized spacial score (nSPS) is 10.1. The van der Waals surface area contributed by atoms with Crippen molar-refractivity contribution in [3.63, 3.8) is 0 Å². The molecule has 20 heavy (non-hydrogen) atoms. The lowest BCUT2D eigenvalue weighted by Gasteiger charge is -2.05. The average Bonchev–Trinajstić information content (AvgIpc) is 2.41. The molecule has 0 saturated heterocycles. The highest BCUT2D eigenvalue weighted by atomic mass is 35.5. The molecule has 0 saturated carbocycles. The minimum absolute atomic E-state index is 0.152. The summed E-state index contributed by atoms with van der Waals surface area (Å²) in [5.74, 6) is -0.510. The van der Waals surface area contributed by atoms with E-state index >= 15 is 0 Å². The highest BCUT2D eigenvalue weighted by Crippen LogP contribution is 2.35. The van der Waals surface area contributed by atoms with Gasteiger partial charge in [0.1, 0.15) is 0 Å². The van der Waals surface area contributed by atoms with Crippen LogP contribution in [0.2, 0.25) is 5.02 Å². The van der Waals surface area contributed by atoms with Gasteiger partial charge in [-0.25, -0.2) is 4.98 Å². The zero-order chi connectivity index (χ0) is 14.7. The monoisotopic (exact) mass is 295 g/mol. The molecule has 1 aromatic carbocycles. The fraction of sp³-hybridized carbons (Fsp3) is 0. The maximum atomic E-state index is 10.9. The van der Waals surface area contributed by atoms with Crippen molar-refractivity contribution in [1.29, 1.82) is 0 Å². The van der Waals surface area contributed by atoms with Crippen LogP contribution in [0.15, 0.2) is 36.5 Å². The Balaban J connectivity index is 2.45. The van der Waals surface area contributed by atoms with E-state index in [0.29, 0.717) is 0 Å². The quantitative estimate of drug-likeness (QED) is 0.632. The summed E-state index contributed by atoms with van der Waals surface area (Å²) in [5.41, 5.74) is -0.797. The molecule has 102 valence electrons. The lowest BCUT2D eigenvalue weighted by Crippen LogP contribution is -1.98. The smallest absolute Gasteiger partial charge is 0.331 e. The van der Waals surface area contributed by atoms with Gasteiger partial charge in [-0.15, -0.1) is 0 Å². The average molecular weight is 296 g/mol. The first kappa shape index (κ1) is 13.7. The van der Waals surface area contributed by atoms with Crippen LogP contribution in [0, 0.1) is 20.2 Å². The van der Waals surface area contributed by atoms with Crippen molar-refractivity contribution < 1.29 is 14.6 Å². The van der Waals surface area contributed by atoms with Gasteiger partial charge in [0.15, 0.2) is 0 Å². The molecule has 2 rings (SSSR count). The molecule has 0 unspecified atom stereocenters. The summed E-state index contributed by atoms with van der Waals surface area (Å²) in [7, 11) is 0. The molecule has 0 aliphatic carbocycles. The van der Waals surface area contributed by atoms with Crippen LogP contribution in [0.5, 0.6) is 11.6 Å². The number of aromatic nitrogens is 1. The number of nitro groups is 2. The minimum Gasteiger partial charge on any atom is -0.426 e. The molecule has 0 amide bonds. The van der Waals surface area contributed by atoms with Gasteiger partial charge in [0.25, 0.3) is 5.88 Å². The summed E-state index contributed by atoms with van der Waals surface area (Å²) in [6, 6.07) is 6.26. The molecule has 1 aromatic heterocycles. The Labute approximate surface area is 116 Å². The Kier molecular flexibility index (Phi) is 3.76. The van der Waals surface area contributed by atoms with Gasteiger partial charge in [0.05, 0.1) is 9.85 Å². The van der Waals surface area contributed by atoms with E-state index in [1.807, 2.05) is 0 Å². The Morgan fingerprint density at radius 2 is 1.80 bits per heavy atom. The van der Waals surface area contributed by atoms with Gasteiger partial charge in [-0.1, -0.05) is 11.6 Å². The second kappa shape index (κ2) is 5.49. The van der Waals surface area contributed by atoms with Crippen molar-refractivity contribution in [3.8, 4) is 11.6 Å². The molecule has 1 heterocycles. The minimum atomic E-state index is -0.698. The van der Waals surface area contributed by atoms with Crippen LogP contribution < -0.4 is 4.74 Å². The number of pyridine rings is 1. The topological polar surface area (TPSA) is 108 Å². The Hall–Kier alpha value is -2.74. The Morgan fingerprint density at radius 1 is 1.10 bits per heavy atom. The summed E-state index contributed by atoms with van der Waals surface area (Å²) in [6.45, 7) is 0. The van der Waals surface area contributed by atoms with Crippen LogP contribution in [0.3, 0.4) is 0 Å². The summed E-state index contributed by atoms with van der Waals surface area (Å²) >= 11 is 5.66. The third kappa shape index (κ3) is 2.81. The lowest BCUT2D eigenvalue weighted by molar-refractivity contribution is -0.387. The molecule has 0 spiro atoms. The number of rotatable bonds is 4. The molecule has 0 fully saturated rings. The second-order valence-corrected chi connectivity index (χ2v) is 3.99. The molecule has 0 bridgehead atoms. The zero-order valence-corrected chi connectivity index (χ0v) is 10.5. The predicted molar refractivity (Wildman–Crippen MR) is 69.1 cm³/mol. The van der Waals surface area contributed by atoms with Crippen molar-refractivity contribution in [2.45, 2.75) is 0 Å². The van der Waals surface area contributed by atoms with E-state index < -0.39 is 21.2 Å². The number of hydrogen-bond acceptors (Lipinski definition) is 6. The van der Waals surface area contributed by atoms with E-state index in [1.165, 1.54) is 30.5 Å². The zero-order valence-electron chi connectivity index (χ0n) is 9.72. The van der Waals surface area contributed by atoms with E-state index in [0.717, 1.165) is 6.07 Å². The molecular weight excluding hydrogens is 290 g/mol. The maximum Gasteiger partial charge on any atom is 0.331 e. The van der Waals surface area contributed by atoms with Gasteiger partial charge in [-0.3, -0.25) is 20.2 Å². The molecule has 0 atom stereocenters. The molecule has 8 nitrogen and oxygen atoms in total. The fourth-order valence-corrected chi connectivity index (χ4v) is 1.59. The lowest BCUT2D eigenvalue weighted by atomic mass is 10.3. The van der Waals surface area contributed by atoms with Crippen molar-refractivity contribution in [2.75, 3.05) is 0 Å². The first-order chi connectivity index (χ1) is 9.49. The van der Waals surface area contributed by atoms with Crippen LogP contribution >= 0.6 is 11.6 Å². The molecule has 0 aliphatic rings. The number of benzene rings is 1. The van der Waals surface area contributed by atoms with Gasteiger partial charge in [0.2, 0.25) is 5.75 Å². The first-order valence-corrected chi connectivity index (χ1v) is 5.58. The Bertz CT molecular complexity index is 692.